The molecular formula is C16H23NO2. The minimum atomic E-state index is 0.0605. The van der Waals surface area contributed by atoms with Gasteiger partial charge in [0.2, 0.25) is 0 Å². The van der Waals surface area contributed by atoms with Gasteiger partial charge in [-0.2, -0.15) is 0 Å². The molecule has 1 aromatic rings. The van der Waals surface area contributed by atoms with Crippen molar-refractivity contribution >= 4 is 5.78 Å². The van der Waals surface area contributed by atoms with Gasteiger partial charge >= 0.3 is 0 Å². The largest absolute Gasteiger partial charge is 0.493 e. The van der Waals surface area contributed by atoms with Gasteiger partial charge in [0.15, 0.2) is 5.78 Å². The maximum absolute atomic E-state index is 11.5. The van der Waals surface area contributed by atoms with E-state index in [4.69, 9.17) is 4.74 Å². The van der Waals surface area contributed by atoms with Crippen molar-refractivity contribution in [1.29, 1.82) is 0 Å². The molecule has 2 rings (SSSR count). The number of benzene rings is 1. The van der Waals surface area contributed by atoms with Crippen molar-refractivity contribution in [3.8, 4) is 5.75 Å². The van der Waals surface area contributed by atoms with E-state index in [9.17, 15) is 4.79 Å². The van der Waals surface area contributed by atoms with E-state index < -0.39 is 0 Å². The van der Waals surface area contributed by atoms with E-state index in [0.29, 0.717) is 24.0 Å². The Balaban J connectivity index is 1.87. The standard InChI is InChI=1S/C16H23NO2/c1-13(18)15-8-3-4-9-16(15)19-12-10-14-7-5-6-11-17(14)2/h3-4,8-9,14H,5-7,10-12H2,1-2H3. The zero-order valence-electron chi connectivity index (χ0n) is 11.9. The second kappa shape index (κ2) is 6.71. The average Bonchev–Trinajstić information content (AvgIpc) is 2.41. The topological polar surface area (TPSA) is 29.5 Å². The fraction of sp³-hybridized carbons (Fsp3) is 0.562. The minimum Gasteiger partial charge on any atom is -0.493 e. The van der Waals surface area contributed by atoms with Crippen LogP contribution in [0.4, 0.5) is 0 Å². The average molecular weight is 261 g/mol. The second-order valence-corrected chi connectivity index (χ2v) is 5.32. The van der Waals surface area contributed by atoms with E-state index in [1.807, 2.05) is 24.3 Å². The summed E-state index contributed by atoms with van der Waals surface area (Å²) in [5.74, 6) is 0.777. The van der Waals surface area contributed by atoms with Gasteiger partial charge in [-0.25, -0.2) is 0 Å². The molecule has 0 aromatic heterocycles. The number of carbonyl (C=O) groups excluding carboxylic acids is 1. The molecule has 0 bridgehead atoms. The van der Waals surface area contributed by atoms with Crippen LogP contribution in [-0.4, -0.2) is 36.9 Å². The zero-order chi connectivity index (χ0) is 13.7. The summed E-state index contributed by atoms with van der Waals surface area (Å²) in [7, 11) is 2.19. The summed E-state index contributed by atoms with van der Waals surface area (Å²) in [5.41, 5.74) is 0.680. The van der Waals surface area contributed by atoms with Crippen molar-refractivity contribution in [2.24, 2.45) is 0 Å². The third kappa shape index (κ3) is 3.80. The van der Waals surface area contributed by atoms with Crippen LogP contribution in [0, 0.1) is 0 Å². The Labute approximate surface area is 115 Å². The summed E-state index contributed by atoms with van der Waals surface area (Å²) in [6.45, 7) is 3.45. The Morgan fingerprint density at radius 2 is 2.16 bits per heavy atom. The highest BCUT2D eigenvalue weighted by atomic mass is 16.5. The Morgan fingerprint density at radius 1 is 1.37 bits per heavy atom. The Hall–Kier alpha value is -1.35. The van der Waals surface area contributed by atoms with Crippen molar-refractivity contribution in [2.75, 3.05) is 20.2 Å². The molecule has 0 aliphatic carbocycles. The van der Waals surface area contributed by atoms with Gasteiger partial charge in [-0.15, -0.1) is 0 Å². The van der Waals surface area contributed by atoms with Gasteiger partial charge in [0.05, 0.1) is 12.2 Å². The highest BCUT2D eigenvalue weighted by Gasteiger charge is 2.18. The first-order chi connectivity index (χ1) is 9.18. The van der Waals surface area contributed by atoms with Crippen molar-refractivity contribution in [2.45, 2.75) is 38.6 Å². The molecule has 1 unspecified atom stereocenters. The third-order valence-corrected chi connectivity index (χ3v) is 3.90. The van der Waals surface area contributed by atoms with Crippen molar-refractivity contribution < 1.29 is 9.53 Å². The van der Waals surface area contributed by atoms with Crippen LogP contribution in [0.5, 0.6) is 5.75 Å². The van der Waals surface area contributed by atoms with E-state index in [-0.39, 0.29) is 5.78 Å². The smallest absolute Gasteiger partial charge is 0.163 e. The van der Waals surface area contributed by atoms with Gasteiger partial charge < -0.3 is 9.64 Å². The van der Waals surface area contributed by atoms with Gasteiger partial charge in [0.25, 0.3) is 0 Å². The van der Waals surface area contributed by atoms with E-state index in [1.165, 1.54) is 25.8 Å². The summed E-state index contributed by atoms with van der Waals surface area (Å²) in [6, 6.07) is 8.11. The number of ether oxygens (including phenoxy) is 1. The predicted octanol–water partition coefficient (Wildman–Crippen LogP) is 3.14. The Morgan fingerprint density at radius 3 is 2.89 bits per heavy atom. The lowest BCUT2D eigenvalue weighted by molar-refractivity contribution is 0.101. The lowest BCUT2D eigenvalue weighted by Gasteiger charge is -2.32. The molecule has 0 amide bonds. The summed E-state index contributed by atoms with van der Waals surface area (Å²) in [5, 5.41) is 0. The van der Waals surface area contributed by atoms with Gasteiger partial charge in [-0.1, -0.05) is 18.6 Å². The summed E-state index contributed by atoms with van der Waals surface area (Å²) in [6.07, 6.45) is 4.91. The number of Topliss-reactive ketones (excluding diaryl/α,β-unsaturated/α-hetero) is 1. The quantitative estimate of drug-likeness (QED) is 0.763. The molecule has 0 spiro atoms. The van der Waals surface area contributed by atoms with E-state index in [0.717, 1.165) is 6.42 Å². The number of likely N-dealkylation sites (tertiary alicyclic amines) is 1. The predicted molar refractivity (Wildman–Crippen MR) is 76.8 cm³/mol. The molecular weight excluding hydrogens is 238 g/mol. The van der Waals surface area contributed by atoms with E-state index >= 15 is 0 Å². The molecule has 1 saturated heterocycles. The summed E-state index contributed by atoms with van der Waals surface area (Å²) >= 11 is 0. The summed E-state index contributed by atoms with van der Waals surface area (Å²) in [4.78, 5) is 13.9. The van der Waals surface area contributed by atoms with E-state index in [2.05, 4.69) is 11.9 Å². The fourth-order valence-corrected chi connectivity index (χ4v) is 2.70. The number of hydrogen-bond donors (Lipinski definition) is 0. The first kappa shape index (κ1) is 14.1. The number of carbonyl (C=O) groups is 1. The molecule has 3 nitrogen and oxygen atoms in total. The normalized spacial score (nSPS) is 20.2. The van der Waals surface area contributed by atoms with Crippen LogP contribution in [0.15, 0.2) is 24.3 Å². The van der Waals surface area contributed by atoms with Crippen LogP contribution in [0.25, 0.3) is 0 Å². The molecule has 104 valence electrons. The van der Waals surface area contributed by atoms with Crippen LogP contribution in [0.3, 0.4) is 0 Å². The molecule has 1 fully saturated rings. The van der Waals surface area contributed by atoms with E-state index in [1.54, 1.807) is 6.92 Å². The van der Waals surface area contributed by atoms with Crippen LogP contribution >= 0.6 is 0 Å². The lowest BCUT2D eigenvalue weighted by Crippen LogP contribution is -2.37. The maximum Gasteiger partial charge on any atom is 0.163 e. The molecule has 1 atom stereocenters. The van der Waals surface area contributed by atoms with Crippen molar-refractivity contribution in [3.63, 3.8) is 0 Å². The molecule has 3 heteroatoms. The molecule has 0 saturated carbocycles. The van der Waals surface area contributed by atoms with Gasteiger partial charge in [0.1, 0.15) is 5.75 Å². The van der Waals surface area contributed by atoms with Gasteiger partial charge in [-0.05, 0) is 51.9 Å². The zero-order valence-corrected chi connectivity index (χ0v) is 11.9. The highest BCUT2D eigenvalue weighted by molar-refractivity contribution is 5.96. The number of para-hydroxylation sites is 1. The Bertz CT molecular complexity index is 431. The second-order valence-electron chi connectivity index (χ2n) is 5.32. The SMILES string of the molecule is CC(=O)c1ccccc1OCCC1CCCCN1C. The lowest BCUT2D eigenvalue weighted by atomic mass is 10.0. The number of rotatable bonds is 5. The number of hydrogen-bond acceptors (Lipinski definition) is 3. The number of ketones is 1. The third-order valence-electron chi connectivity index (χ3n) is 3.90. The Kier molecular flexibility index (Phi) is 4.97. The minimum absolute atomic E-state index is 0.0605. The fourth-order valence-electron chi connectivity index (χ4n) is 2.70. The number of nitrogens with zero attached hydrogens (tertiary/aromatic N) is 1. The van der Waals surface area contributed by atoms with Crippen molar-refractivity contribution in [1.82, 2.24) is 4.90 Å². The molecule has 0 radical (unpaired) electrons. The molecule has 1 aliphatic heterocycles. The van der Waals surface area contributed by atoms with Crippen molar-refractivity contribution in [3.05, 3.63) is 29.8 Å². The highest BCUT2D eigenvalue weighted by Crippen LogP contribution is 2.21. The summed E-state index contributed by atoms with van der Waals surface area (Å²) < 4.78 is 5.80. The molecule has 1 aromatic carbocycles. The monoisotopic (exact) mass is 261 g/mol. The first-order valence-electron chi connectivity index (χ1n) is 7.11. The van der Waals surface area contributed by atoms with Crippen LogP contribution in [0.2, 0.25) is 0 Å². The van der Waals surface area contributed by atoms with Crippen LogP contribution < -0.4 is 4.74 Å². The molecule has 19 heavy (non-hydrogen) atoms. The van der Waals surface area contributed by atoms with Crippen LogP contribution in [0.1, 0.15) is 43.0 Å². The maximum atomic E-state index is 11.5. The van der Waals surface area contributed by atoms with Gasteiger partial charge in [-0.3, -0.25) is 4.79 Å². The molecule has 1 aliphatic rings. The van der Waals surface area contributed by atoms with Crippen LogP contribution in [-0.2, 0) is 0 Å². The first-order valence-corrected chi connectivity index (χ1v) is 7.11. The molecule has 0 N–H and O–H groups in total. The number of piperidine rings is 1. The molecule has 1 heterocycles. The van der Waals surface area contributed by atoms with Gasteiger partial charge in [0, 0.05) is 6.04 Å².